The molecule has 114 valence electrons. The van der Waals surface area contributed by atoms with Gasteiger partial charge in [-0.2, -0.15) is 0 Å². The number of aryl methyl sites for hydroxylation is 2. The van der Waals surface area contributed by atoms with Crippen molar-refractivity contribution in [1.29, 1.82) is 0 Å². The number of aromatic nitrogens is 2. The maximum Gasteiger partial charge on any atom is 0.125 e. The summed E-state index contributed by atoms with van der Waals surface area (Å²) < 4.78 is 7.76. The summed E-state index contributed by atoms with van der Waals surface area (Å²) >= 11 is 0. The highest BCUT2D eigenvalue weighted by atomic mass is 16.5. The highest BCUT2D eigenvalue weighted by molar-refractivity contribution is 5.74. The first-order chi connectivity index (χ1) is 10.6. The van der Waals surface area contributed by atoms with Gasteiger partial charge in [0.15, 0.2) is 0 Å². The van der Waals surface area contributed by atoms with Crippen LogP contribution in [0.5, 0.6) is 5.75 Å². The zero-order valence-corrected chi connectivity index (χ0v) is 12.9. The van der Waals surface area contributed by atoms with Gasteiger partial charge >= 0.3 is 0 Å². The van der Waals surface area contributed by atoms with Crippen molar-refractivity contribution in [2.75, 3.05) is 6.61 Å². The van der Waals surface area contributed by atoms with E-state index in [0.29, 0.717) is 6.54 Å². The van der Waals surface area contributed by atoms with Crippen molar-refractivity contribution >= 4 is 11.0 Å². The van der Waals surface area contributed by atoms with Crippen molar-refractivity contribution < 1.29 is 9.84 Å². The highest BCUT2D eigenvalue weighted by Crippen LogP contribution is 2.22. The largest absolute Gasteiger partial charge is 0.490 e. The molecule has 1 aromatic heterocycles. The Morgan fingerprint density at radius 3 is 2.59 bits per heavy atom. The van der Waals surface area contributed by atoms with Gasteiger partial charge in [0, 0.05) is 0 Å². The topological polar surface area (TPSA) is 47.3 Å². The lowest BCUT2D eigenvalue weighted by Crippen LogP contribution is -2.23. The van der Waals surface area contributed by atoms with Crippen LogP contribution in [0.15, 0.2) is 48.8 Å². The number of hydrogen-bond acceptors (Lipinski definition) is 3. The van der Waals surface area contributed by atoms with E-state index >= 15 is 0 Å². The molecule has 1 atom stereocenters. The summed E-state index contributed by atoms with van der Waals surface area (Å²) in [7, 11) is 0. The minimum Gasteiger partial charge on any atom is -0.490 e. The van der Waals surface area contributed by atoms with Crippen LogP contribution in [-0.4, -0.2) is 27.4 Å². The van der Waals surface area contributed by atoms with Crippen molar-refractivity contribution in [3.8, 4) is 5.75 Å². The van der Waals surface area contributed by atoms with Gasteiger partial charge in [0.05, 0.1) is 23.9 Å². The van der Waals surface area contributed by atoms with Gasteiger partial charge < -0.3 is 14.4 Å². The predicted molar refractivity (Wildman–Crippen MR) is 87.2 cm³/mol. The van der Waals surface area contributed by atoms with E-state index < -0.39 is 6.10 Å². The first-order valence-electron chi connectivity index (χ1n) is 7.42. The number of imidazole rings is 1. The lowest BCUT2D eigenvalue weighted by Gasteiger charge is -2.16. The monoisotopic (exact) mass is 296 g/mol. The lowest BCUT2D eigenvalue weighted by molar-refractivity contribution is 0.0927. The quantitative estimate of drug-likeness (QED) is 0.787. The molecule has 0 fully saturated rings. The number of aliphatic hydroxyl groups excluding tert-OH is 1. The number of hydrogen-bond donors (Lipinski definition) is 1. The van der Waals surface area contributed by atoms with Crippen molar-refractivity contribution in [2.45, 2.75) is 26.5 Å². The molecule has 3 rings (SSSR count). The van der Waals surface area contributed by atoms with E-state index in [-0.39, 0.29) is 6.61 Å². The van der Waals surface area contributed by atoms with Crippen molar-refractivity contribution in [2.24, 2.45) is 0 Å². The Morgan fingerprint density at radius 2 is 1.82 bits per heavy atom. The number of fused-ring (bicyclic) bond motifs is 1. The van der Waals surface area contributed by atoms with Gasteiger partial charge in [-0.25, -0.2) is 4.98 Å². The average molecular weight is 296 g/mol. The molecular formula is C18H20N2O2. The van der Waals surface area contributed by atoms with Crippen LogP contribution in [0, 0.1) is 13.8 Å². The third kappa shape index (κ3) is 2.97. The van der Waals surface area contributed by atoms with Crippen molar-refractivity contribution in [3.05, 3.63) is 59.9 Å². The number of para-hydroxylation sites is 3. The third-order valence-electron chi connectivity index (χ3n) is 3.76. The normalized spacial score (nSPS) is 12.5. The van der Waals surface area contributed by atoms with E-state index in [4.69, 9.17) is 4.74 Å². The molecule has 0 aliphatic heterocycles. The van der Waals surface area contributed by atoms with E-state index in [1.807, 2.05) is 60.9 Å². The molecule has 0 aliphatic rings. The molecule has 2 aromatic carbocycles. The van der Waals surface area contributed by atoms with Gasteiger partial charge in [-0.15, -0.1) is 0 Å². The average Bonchev–Trinajstić information content (AvgIpc) is 2.90. The molecule has 22 heavy (non-hydrogen) atoms. The third-order valence-corrected chi connectivity index (χ3v) is 3.76. The molecule has 0 spiro atoms. The van der Waals surface area contributed by atoms with E-state index in [1.54, 1.807) is 6.33 Å². The van der Waals surface area contributed by atoms with E-state index in [9.17, 15) is 5.11 Å². The molecule has 0 bridgehead atoms. The smallest absolute Gasteiger partial charge is 0.125 e. The van der Waals surface area contributed by atoms with Gasteiger partial charge in [-0.3, -0.25) is 0 Å². The maximum absolute atomic E-state index is 10.2. The summed E-state index contributed by atoms with van der Waals surface area (Å²) in [6.45, 7) is 4.75. The molecule has 0 radical (unpaired) electrons. The zero-order chi connectivity index (χ0) is 15.5. The second-order valence-electron chi connectivity index (χ2n) is 5.57. The summed E-state index contributed by atoms with van der Waals surface area (Å²) in [5.74, 6) is 0.858. The van der Waals surface area contributed by atoms with Crippen LogP contribution in [0.3, 0.4) is 0 Å². The van der Waals surface area contributed by atoms with Crippen LogP contribution in [0.2, 0.25) is 0 Å². The van der Waals surface area contributed by atoms with Gasteiger partial charge in [0.25, 0.3) is 0 Å². The second-order valence-corrected chi connectivity index (χ2v) is 5.57. The Balaban J connectivity index is 1.67. The first-order valence-corrected chi connectivity index (χ1v) is 7.42. The van der Waals surface area contributed by atoms with Crippen LogP contribution in [-0.2, 0) is 6.54 Å². The number of aliphatic hydroxyl groups is 1. The first kappa shape index (κ1) is 14.6. The molecule has 0 amide bonds. The summed E-state index contributed by atoms with van der Waals surface area (Å²) in [5.41, 5.74) is 4.12. The number of rotatable bonds is 5. The molecular weight excluding hydrogens is 276 g/mol. The molecule has 3 aromatic rings. The molecule has 1 N–H and O–H groups in total. The van der Waals surface area contributed by atoms with Gasteiger partial charge in [0.1, 0.15) is 18.5 Å². The van der Waals surface area contributed by atoms with Crippen LogP contribution >= 0.6 is 0 Å². The Kier molecular flexibility index (Phi) is 4.11. The van der Waals surface area contributed by atoms with Crippen LogP contribution < -0.4 is 4.74 Å². The summed E-state index contributed by atoms with van der Waals surface area (Å²) in [6.07, 6.45) is 1.17. The molecule has 0 saturated heterocycles. The molecule has 0 aliphatic carbocycles. The maximum atomic E-state index is 10.2. The van der Waals surface area contributed by atoms with Crippen LogP contribution in [0.25, 0.3) is 11.0 Å². The standard InChI is InChI=1S/C18H20N2O2/c1-13-6-5-7-14(2)18(13)22-11-15(21)10-20-12-19-16-8-3-4-9-17(16)20/h3-9,12,15,21H,10-11H2,1-2H3/t15-/m0/s1. The van der Waals surface area contributed by atoms with Gasteiger partial charge in [-0.1, -0.05) is 30.3 Å². The lowest BCUT2D eigenvalue weighted by atomic mass is 10.1. The van der Waals surface area contributed by atoms with Crippen molar-refractivity contribution in [3.63, 3.8) is 0 Å². The number of ether oxygens (including phenoxy) is 1. The van der Waals surface area contributed by atoms with Gasteiger partial charge in [0.2, 0.25) is 0 Å². The summed E-state index contributed by atoms with van der Waals surface area (Å²) in [5, 5.41) is 10.2. The summed E-state index contributed by atoms with van der Waals surface area (Å²) in [6, 6.07) is 13.9. The Labute approximate surface area is 130 Å². The number of benzene rings is 2. The Hall–Kier alpha value is -2.33. The fourth-order valence-electron chi connectivity index (χ4n) is 2.64. The summed E-state index contributed by atoms with van der Waals surface area (Å²) in [4.78, 5) is 4.33. The number of nitrogens with zero attached hydrogens (tertiary/aromatic N) is 2. The Bertz CT molecular complexity index is 759. The second kappa shape index (κ2) is 6.20. The van der Waals surface area contributed by atoms with E-state index in [2.05, 4.69) is 4.98 Å². The van der Waals surface area contributed by atoms with Crippen LogP contribution in [0.4, 0.5) is 0 Å². The minimum atomic E-state index is -0.586. The van der Waals surface area contributed by atoms with Gasteiger partial charge in [-0.05, 0) is 37.1 Å². The Morgan fingerprint density at radius 1 is 1.09 bits per heavy atom. The molecule has 1 heterocycles. The van der Waals surface area contributed by atoms with E-state index in [1.165, 1.54) is 0 Å². The zero-order valence-electron chi connectivity index (χ0n) is 12.9. The molecule has 4 heteroatoms. The van der Waals surface area contributed by atoms with Crippen LogP contribution in [0.1, 0.15) is 11.1 Å². The van der Waals surface area contributed by atoms with Crippen molar-refractivity contribution in [1.82, 2.24) is 9.55 Å². The fourth-order valence-corrected chi connectivity index (χ4v) is 2.64. The minimum absolute atomic E-state index is 0.262. The molecule has 4 nitrogen and oxygen atoms in total. The SMILES string of the molecule is Cc1cccc(C)c1OC[C@@H](O)Cn1cnc2ccccc21. The highest BCUT2D eigenvalue weighted by Gasteiger charge is 2.11. The molecule has 0 unspecified atom stereocenters. The fraction of sp³-hybridized carbons (Fsp3) is 0.278. The predicted octanol–water partition coefficient (Wildman–Crippen LogP) is 3.09. The molecule has 0 saturated carbocycles. The van der Waals surface area contributed by atoms with E-state index in [0.717, 1.165) is 27.9 Å².